The molecule has 3 aromatic rings. The van der Waals surface area contributed by atoms with E-state index < -0.39 is 46.8 Å². The number of carbonyl (C=O) groups is 2. The van der Waals surface area contributed by atoms with E-state index in [0.717, 1.165) is 11.6 Å². The zero-order valence-corrected chi connectivity index (χ0v) is 23.5. The van der Waals surface area contributed by atoms with E-state index in [1.807, 2.05) is 6.07 Å². The van der Waals surface area contributed by atoms with Crippen LogP contribution in [-0.2, 0) is 27.1 Å². The van der Waals surface area contributed by atoms with Gasteiger partial charge in [-0.2, -0.15) is 13.2 Å². The van der Waals surface area contributed by atoms with Crippen molar-refractivity contribution in [1.82, 2.24) is 24.6 Å². The number of alkyl halides is 3. The number of carbonyl (C=O) groups excluding carboxylic acids is 2. The SMILES string of the molecule is O=C1Nc2ncccc2C2(CCN(C(=O)CC3CC[C@H](c4cccc(F)c4F)Cn4c3nnc4C3(C(F)(F)F)CC3)CC2)O1. The molecular formula is C30H29F5N6O3. The van der Waals surface area contributed by atoms with Gasteiger partial charge in [0.15, 0.2) is 11.6 Å². The Labute approximate surface area is 248 Å². The van der Waals surface area contributed by atoms with Crippen LogP contribution in [0.15, 0.2) is 36.5 Å². The van der Waals surface area contributed by atoms with Crippen LogP contribution in [0.2, 0.25) is 0 Å². The van der Waals surface area contributed by atoms with Crippen LogP contribution in [-0.4, -0.2) is 55.9 Å². The minimum atomic E-state index is -4.55. The third kappa shape index (κ3) is 4.60. The standard InChI is InChI=1S/C30H29F5N6O3/c31-21-5-1-3-19(23(21)32)18-7-6-17(25-38-39-26(41(25)16-18)28(8-9-28)30(33,34)35)15-22(42)40-13-10-29(11-14-40)20-4-2-12-36-24(20)37-27(43)44-29/h1-5,12,17-18H,6-11,13-16H2,(H,36,37,43)/t17?,18-/m0/s1. The number of likely N-dealkylation sites (tertiary alicyclic amines) is 1. The smallest absolute Gasteiger partial charge is 0.413 e. The molecule has 1 aromatic carbocycles. The number of aromatic nitrogens is 4. The van der Waals surface area contributed by atoms with E-state index in [1.54, 1.807) is 17.2 Å². The van der Waals surface area contributed by atoms with Crippen molar-refractivity contribution < 1.29 is 36.3 Å². The summed E-state index contributed by atoms with van der Waals surface area (Å²) < 4.78 is 78.8. The Morgan fingerprint density at radius 1 is 1.05 bits per heavy atom. The highest BCUT2D eigenvalue weighted by Gasteiger charge is 2.67. The first-order valence-electron chi connectivity index (χ1n) is 14.7. The molecule has 2 amide bonds. The van der Waals surface area contributed by atoms with Gasteiger partial charge in [0.05, 0.1) is 0 Å². The lowest BCUT2D eigenvalue weighted by atomic mass is 9.83. The molecule has 3 aliphatic heterocycles. The van der Waals surface area contributed by atoms with Crippen molar-refractivity contribution in [2.45, 2.75) is 80.5 Å². The number of pyridine rings is 1. The van der Waals surface area contributed by atoms with Crippen molar-refractivity contribution in [2.75, 3.05) is 18.4 Å². The van der Waals surface area contributed by atoms with Crippen LogP contribution in [0, 0.1) is 11.6 Å². The largest absolute Gasteiger partial charge is 0.437 e. The van der Waals surface area contributed by atoms with E-state index in [1.165, 1.54) is 16.7 Å². The molecule has 1 saturated heterocycles. The number of ether oxygens (including phenoxy) is 1. The second-order valence-corrected chi connectivity index (χ2v) is 12.2. The molecule has 0 bridgehead atoms. The number of benzene rings is 1. The highest BCUT2D eigenvalue weighted by Crippen LogP contribution is 2.59. The normalized spacial score (nSPS) is 23.7. The molecule has 2 fully saturated rings. The van der Waals surface area contributed by atoms with Gasteiger partial charge in [-0.1, -0.05) is 12.1 Å². The van der Waals surface area contributed by atoms with Gasteiger partial charge in [-0.05, 0) is 49.4 Å². The Bertz CT molecular complexity index is 1630. The summed E-state index contributed by atoms with van der Waals surface area (Å²) in [5.41, 5.74) is -2.24. The predicted octanol–water partition coefficient (Wildman–Crippen LogP) is 5.68. The first-order chi connectivity index (χ1) is 21.0. The zero-order valence-electron chi connectivity index (χ0n) is 23.5. The van der Waals surface area contributed by atoms with Crippen LogP contribution in [0.1, 0.15) is 79.6 Å². The molecule has 1 spiro atoms. The van der Waals surface area contributed by atoms with Crippen LogP contribution in [0.5, 0.6) is 0 Å². The van der Waals surface area contributed by atoms with Gasteiger partial charge in [-0.15, -0.1) is 10.2 Å². The number of piperidine rings is 1. The number of nitrogens with one attached hydrogen (secondary N) is 1. The molecule has 2 atom stereocenters. The fourth-order valence-corrected chi connectivity index (χ4v) is 7.09. The maximum absolute atomic E-state index is 14.9. The average molecular weight is 617 g/mol. The summed E-state index contributed by atoms with van der Waals surface area (Å²) >= 11 is 0. The summed E-state index contributed by atoms with van der Waals surface area (Å²) in [6.45, 7) is 0.526. The molecule has 0 radical (unpaired) electrons. The van der Waals surface area contributed by atoms with Crippen molar-refractivity contribution in [3.05, 3.63) is 70.9 Å². The maximum atomic E-state index is 14.9. The number of fused-ring (bicyclic) bond motifs is 3. The maximum Gasteiger partial charge on any atom is 0.413 e. The number of rotatable bonds is 4. The van der Waals surface area contributed by atoms with Crippen molar-refractivity contribution in [1.29, 1.82) is 0 Å². The van der Waals surface area contributed by atoms with Crippen LogP contribution >= 0.6 is 0 Å². The molecule has 1 N–H and O–H groups in total. The highest BCUT2D eigenvalue weighted by molar-refractivity contribution is 5.87. The second kappa shape index (κ2) is 10.2. The Hall–Kier alpha value is -4.10. The predicted molar refractivity (Wildman–Crippen MR) is 145 cm³/mol. The Morgan fingerprint density at radius 3 is 2.55 bits per heavy atom. The number of hydrogen-bond donors (Lipinski definition) is 1. The number of halogens is 5. The van der Waals surface area contributed by atoms with Gasteiger partial charge < -0.3 is 14.2 Å². The van der Waals surface area contributed by atoms with Gasteiger partial charge in [-0.25, -0.2) is 18.6 Å². The lowest BCUT2D eigenvalue weighted by molar-refractivity contribution is -0.163. The summed E-state index contributed by atoms with van der Waals surface area (Å²) in [6.07, 6.45) is -2.56. The molecule has 5 heterocycles. The average Bonchev–Trinajstić information content (AvgIpc) is 3.74. The fourth-order valence-electron chi connectivity index (χ4n) is 7.09. The molecule has 4 aliphatic rings. The number of nitrogens with zero attached hydrogens (tertiary/aromatic N) is 5. The molecule has 44 heavy (non-hydrogen) atoms. The fraction of sp³-hybridized carbons (Fsp3) is 0.500. The van der Waals surface area contributed by atoms with E-state index in [0.29, 0.717) is 44.6 Å². The Balaban J connectivity index is 1.14. The summed E-state index contributed by atoms with van der Waals surface area (Å²) in [5, 5.41) is 10.8. The van der Waals surface area contributed by atoms with Gasteiger partial charge in [0.25, 0.3) is 0 Å². The molecule has 1 aliphatic carbocycles. The zero-order chi connectivity index (χ0) is 30.9. The van der Waals surface area contributed by atoms with Crippen molar-refractivity contribution >= 4 is 17.8 Å². The van der Waals surface area contributed by atoms with Crippen LogP contribution < -0.4 is 5.32 Å². The number of amides is 2. The lowest BCUT2D eigenvalue weighted by Crippen LogP contribution is -2.50. The number of hydrogen-bond acceptors (Lipinski definition) is 6. The van der Waals surface area contributed by atoms with Crippen molar-refractivity contribution in [3.63, 3.8) is 0 Å². The quantitative estimate of drug-likeness (QED) is 0.379. The molecule has 1 unspecified atom stereocenters. The topological polar surface area (TPSA) is 102 Å². The minimum absolute atomic E-state index is 0.0397. The Kier molecular flexibility index (Phi) is 6.66. The first-order valence-corrected chi connectivity index (χ1v) is 14.7. The van der Waals surface area contributed by atoms with Gasteiger partial charge >= 0.3 is 12.3 Å². The first kappa shape index (κ1) is 28.7. The summed E-state index contributed by atoms with van der Waals surface area (Å²) in [5.74, 6) is -3.05. The molecular weight excluding hydrogens is 587 g/mol. The lowest BCUT2D eigenvalue weighted by Gasteiger charge is -2.43. The van der Waals surface area contributed by atoms with Crippen molar-refractivity contribution in [2.24, 2.45) is 0 Å². The molecule has 1 saturated carbocycles. The Morgan fingerprint density at radius 2 is 1.82 bits per heavy atom. The van der Waals surface area contributed by atoms with Crippen molar-refractivity contribution in [3.8, 4) is 0 Å². The molecule has 14 heteroatoms. The molecule has 9 nitrogen and oxygen atoms in total. The highest BCUT2D eigenvalue weighted by atomic mass is 19.4. The third-order valence-corrected chi connectivity index (χ3v) is 9.70. The monoisotopic (exact) mass is 616 g/mol. The van der Waals surface area contributed by atoms with E-state index in [-0.39, 0.29) is 48.9 Å². The minimum Gasteiger partial charge on any atom is -0.437 e. The molecule has 2 aromatic heterocycles. The summed E-state index contributed by atoms with van der Waals surface area (Å²) in [4.78, 5) is 31.8. The molecule has 232 valence electrons. The van der Waals surface area contributed by atoms with Crippen LogP contribution in [0.3, 0.4) is 0 Å². The van der Waals surface area contributed by atoms with Crippen LogP contribution in [0.25, 0.3) is 0 Å². The van der Waals surface area contributed by atoms with Gasteiger partial charge in [0, 0.05) is 62.5 Å². The van der Waals surface area contributed by atoms with Gasteiger partial charge in [-0.3, -0.25) is 10.1 Å². The molecule has 7 rings (SSSR count). The van der Waals surface area contributed by atoms with Crippen LogP contribution in [0.4, 0.5) is 32.6 Å². The number of anilines is 1. The summed E-state index contributed by atoms with van der Waals surface area (Å²) in [6, 6.07) is 7.41. The summed E-state index contributed by atoms with van der Waals surface area (Å²) in [7, 11) is 0. The third-order valence-electron chi connectivity index (χ3n) is 9.70. The van der Waals surface area contributed by atoms with Gasteiger partial charge in [0.2, 0.25) is 5.91 Å². The van der Waals surface area contributed by atoms with E-state index >= 15 is 0 Å². The second-order valence-electron chi connectivity index (χ2n) is 12.2. The van der Waals surface area contributed by atoms with E-state index in [4.69, 9.17) is 4.74 Å². The van der Waals surface area contributed by atoms with E-state index in [9.17, 15) is 31.5 Å². The van der Waals surface area contributed by atoms with E-state index in [2.05, 4.69) is 20.5 Å². The van der Waals surface area contributed by atoms with Gasteiger partial charge in [0.1, 0.15) is 28.5 Å².